The number of rotatable bonds is 6. The molecular formula is C13H15N3O4. The SMILES string of the molecule is CCC(C)N(CC(=O)O)c1ccc([N+](=O)[O-])c(C#N)c1. The lowest BCUT2D eigenvalue weighted by Gasteiger charge is -2.29. The molecule has 1 aromatic rings. The molecule has 0 heterocycles. The number of hydrogen-bond donors (Lipinski definition) is 1. The quantitative estimate of drug-likeness (QED) is 0.630. The summed E-state index contributed by atoms with van der Waals surface area (Å²) >= 11 is 0. The van der Waals surface area contributed by atoms with Crippen molar-refractivity contribution in [3.8, 4) is 6.07 Å². The molecule has 0 saturated heterocycles. The van der Waals surface area contributed by atoms with Crippen molar-refractivity contribution in [3.63, 3.8) is 0 Å². The lowest BCUT2D eigenvalue weighted by atomic mass is 10.1. The minimum Gasteiger partial charge on any atom is -0.480 e. The van der Waals surface area contributed by atoms with Crippen molar-refractivity contribution in [3.05, 3.63) is 33.9 Å². The number of hydrogen-bond acceptors (Lipinski definition) is 5. The predicted molar refractivity (Wildman–Crippen MR) is 72.5 cm³/mol. The number of aliphatic carboxylic acids is 1. The lowest BCUT2D eigenvalue weighted by molar-refractivity contribution is -0.385. The first-order chi connectivity index (χ1) is 9.40. The topological polar surface area (TPSA) is 107 Å². The summed E-state index contributed by atoms with van der Waals surface area (Å²) in [6.45, 7) is 3.55. The van der Waals surface area contributed by atoms with E-state index in [1.807, 2.05) is 13.8 Å². The van der Waals surface area contributed by atoms with Crippen LogP contribution in [0.25, 0.3) is 0 Å². The average Bonchev–Trinajstić information content (AvgIpc) is 2.42. The Morgan fingerprint density at radius 2 is 2.25 bits per heavy atom. The van der Waals surface area contributed by atoms with Crippen LogP contribution < -0.4 is 4.90 Å². The zero-order valence-electron chi connectivity index (χ0n) is 11.2. The van der Waals surface area contributed by atoms with Gasteiger partial charge in [0, 0.05) is 17.8 Å². The van der Waals surface area contributed by atoms with Crippen LogP contribution >= 0.6 is 0 Å². The number of carboxylic acid groups (broad SMARTS) is 1. The largest absolute Gasteiger partial charge is 0.480 e. The summed E-state index contributed by atoms with van der Waals surface area (Å²) in [5, 5.41) is 28.7. The molecule has 1 atom stereocenters. The molecule has 106 valence electrons. The first-order valence-electron chi connectivity index (χ1n) is 6.07. The Bertz CT molecular complexity index is 565. The van der Waals surface area contributed by atoms with Gasteiger partial charge >= 0.3 is 5.97 Å². The molecule has 1 N–H and O–H groups in total. The molecular weight excluding hydrogens is 262 g/mol. The number of carboxylic acids is 1. The summed E-state index contributed by atoms with van der Waals surface area (Å²) < 4.78 is 0. The molecule has 0 aliphatic carbocycles. The zero-order chi connectivity index (χ0) is 15.3. The summed E-state index contributed by atoms with van der Waals surface area (Å²) in [6.07, 6.45) is 0.714. The van der Waals surface area contributed by atoms with E-state index in [0.717, 1.165) is 0 Å². The molecule has 0 aliphatic heterocycles. The minimum absolute atomic E-state index is 0.0564. The highest BCUT2D eigenvalue weighted by atomic mass is 16.6. The van der Waals surface area contributed by atoms with Crippen LogP contribution in [-0.2, 0) is 4.79 Å². The smallest absolute Gasteiger partial charge is 0.323 e. The summed E-state index contributed by atoms with van der Waals surface area (Å²) in [5.41, 5.74) is 0.130. The monoisotopic (exact) mass is 277 g/mol. The Morgan fingerprint density at radius 1 is 1.60 bits per heavy atom. The second-order valence-electron chi connectivity index (χ2n) is 4.35. The summed E-state index contributed by atoms with van der Waals surface area (Å²) in [7, 11) is 0. The molecule has 0 bridgehead atoms. The number of benzene rings is 1. The van der Waals surface area contributed by atoms with Crippen LogP contribution in [0, 0.1) is 21.4 Å². The Hall–Kier alpha value is -2.62. The standard InChI is InChI=1S/C13H15N3O4/c1-3-9(2)15(8-13(17)18)11-4-5-12(16(19)20)10(6-11)7-14/h4-6,9H,3,8H2,1-2H3,(H,17,18). The van der Waals surface area contributed by atoms with E-state index < -0.39 is 10.9 Å². The highest BCUT2D eigenvalue weighted by molar-refractivity contribution is 5.74. The molecule has 0 aliphatic rings. The molecule has 0 radical (unpaired) electrons. The van der Waals surface area contributed by atoms with Gasteiger partial charge in [-0.25, -0.2) is 0 Å². The Labute approximate surface area is 116 Å². The van der Waals surface area contributed by atoms with Gasteiger partial charge in [0.15, 0.2) is 0 Å². The molecule has 0 fully saturated rings. The van der Waals surface area contributed by atoms with Gasteiger partial charge in [0.05, 0.1) is 4.92 Å². The normalized spacial score (nSPS) is 11.4. The fourth-order valence-corrected chi connectivity index (χ4v) is 1.82. The molecule has 0 saturated carbocycles. The second-order valence-corrected chi connectivity index (χ2v) is 4.35. The van der Waals surface area contributed by atoms with E-state index in [1.54, 1.807) is 11.0 Å². The maximum Gasteiger partial charge on any atom is 0.323 e. The van der Waals surface area contributed by atoms with Gasteiger partial charge in [-0.2, -0.15) is 5.26 Å². The van der Waals surface area contributed by atoms with Crippen molar-refractivity contribution >= 4 is 17.3 Å². The fourth-order valence-electron chi connectivity index (χ4n) is 1.82. The van der Waals surface area contributed by atoms with Gasteiger partial charge in [-0.15, -0.1) is 0 Å². The van der Waals surface area contributed by atoms with Crippen molar-refractivity contribution in [1.29, 1.82) is 5.26 Å². The van der Waals surface area contributed by atoms with E-state index in [0.29, 0.717) is 12.1 Å². The molecule has 0 spiro atoms. The van der Waals surface area contributed by atoms with Gasteiger partial charge < -0.3 is 10.0 Å². The van der Waals surface area contributed by atoms with Crippen LogP contribution in [0.4, 0.5) is 11.4 Å². The van der Waals surface area contributed by atoms with Crippen molar-refractivity contribution in [2.75, 3.05) is 11.4 Å². The summed E-state index contributed by atoms with van der Waals surface area (Å²) in [4.78, 5) is 22.7. The van der Waals surface area contributed by atoms with Crippen molar-refractivity contribution in [2.45, 2.75) is 26.3 Å². The summed E-state index contributed by atoms with van der Waals surface area (Å²) in [5.74, 6) is -0.998. The average molecular weight is 277 g/mol. The van der Waals surface area contributed by atoms with Crippen LogP contribution in [0.1, 0.15) is 25.8 Å². The van der Waals surface area contributed by atoms with Crippen LogP contribution in [0.3, 0.4) is 0 Å². The number of nitriles is 1. The van der Waals surface area contributed by atoms with E-state index in [-0.39, 0.29) is 23.8 Å². The summed E-state index contributed by atoms with van der Waals surface area (Å²) in [6, 6.07) is 5.76. The molecule has 1 rings (SSSR count). The second kappa shape index (κ2) is 6.52. The lowest BCUT2D eigenvalue weighted by Crippen LogP contribution is -2.37. The van der Waals surface area contributed by atoms with Crippen molar-refractivity contribution in [2.24, 2.45) is 0 Å². The Kier molecular flexibility index (Phi) is 5.03. The zero-order valence-corrected chi connectivity index (χ0v) is 11.2. The maximum absolute atomic E-state index is 10.9. The third kappa shape index (κ3) is 3.45. The van der Waals surface area contributed by atoms with Crippen LogP contribution in [0.15, 0.2) is 18.2 Å². The minimum atomic E-state index is -0.998. The van der Waals surface area contributed by atoms with Gasteiger partial charge in [0.1, 0.15) is 18.2 Å². The van der Waals surface area contributed by atoms with Crippen LogP contribution in [0.2, 0.25) is 0 Å². The number of anilines is 1. The molecule has 7 nitrogen and oxygen atoms in total. The molecule has 1 unspecified atom stereocenters. The van der Waals surface area contributed by atoms with E-state index in [1.165, 1.54) is 18.2 Å². The third-order valence-electron chi connectivity index (χ3n) is 3.06. The highest BCUT2D eigenvalue weighted by Crippen LogP contribution is 2.26. The molecule has 1 aromatic carbocycles. The van der Waals surface area contributed by atoms with Crippen molar-refractivity contribution in [1.82, 2.24) is 0 Å². The number of nitro benzene ring substituents is 1. The van der Waals surface area contributed by atoms with Gasteiger partial charge in [-0.3, -0.25) is 14.9 Å². The molecule has 0 amide bonds. The maximum atomic E-state index is 10.9. The number of nitro groups is 1. The van der Waals surface area contributed by atoms with Crippen molar-refractivity contribution < 1.29 is 14.8 Å². The number of nitrogens with zero attached hydrogens (tertiary/aromatic N) is 3. The van der Waals surface area contributed by atoms with Gasteiger partial charge in [-0.1, -0.05) is 6.92 Å². The van der Waals surface area contributed by atoms with Gasteiger partial charge in [0.2, 0.25) is 0 Å². The third-order valence-corrected chi connectivity index (χ3v) is 3.06. The van der Waals surface area contributed by atoms with Gasteiger partial charge in [-0.05, 0) is 25.5 Å². The number of carbonyl (C=O) groups is 1. The highest BCUT2D eigenvalue weighted by Gasteiger charge is 2.20. The molecule has 20 heavy (non-hydrogen) atoms. The molecule has 7 heteroatoms. The Balaban J connectivity index is 3.24. The molecule has 0 aromatic heterocycles. The predicted octanol–water partition coefficient (Wildman–Crippen LogP) is 2.16. The van der Waals surface area contributed by atoms with E-state index >= 15 is 0 Å². The Morgan fingerprint density at radius 3 is 2.70 bits per heavy atom. The fraction of sp³-hybridized carbons (Fsp3) is 0.385. The van der Waals surface area contributed by atoms with E-state index in [2.05, 4.69) is 0 Å². The first kappa shape index (κ1) is 15.4. The van der Waals surface area contributed by atoms with Crippen LogP contribution in [-0.4, -0.2) is 28.6 Å². The van der Waals surface area contributed by atoms with E-state index in [9.17, 15) is 14.9 Å². The first-order valence-corrected chi connectivity index (χ1v) is 6.07. The van der Waals surface area contributed by atoms with Crippen LogP contribution in [0.5, 0.6) is 0 Å². The van der Waals surface area contributed by atoms with Gasteiger partial charge in [0.25, 0.3) is 5.69 Å². The van der Waals surface area contributed by atoms with E-state index in [4.69, 9.17) is 10.4 Å².